The first-order chi connectivity index (χ1) is 14.3. The van der Waals surface area contributed by atoms with Gasteiger partial charge >= 0.3 is 0 Å². The highest BCUT2D eigenvalue weighted by molar-refractivity contribution is 8.00. The summed E-state index contributed by atoms with van der Waals surface area (Å²) in [6.07, 6.45) is 1.63. The molecule has 0 aliphatic heterocycles. The second-order valence-electron chi connectivity index (χ2n) is 6.61. The van der Waals surface area contributed by atoms with Crippen molar-refractivity contribution in [3.63, 3.8) is 0 Å². The molecule has 0 unspecified atom stereocenters. The number of thioether (sulfide) groups is 1. The predicted octanol–water partition coefficient (Wildman–Crippen LogP) is 4.09. The lowest BCUT2D eigenvalue weighted by atomic mass is 10.2. The summed E-state index contributed by atoms with van der Waals surface area (Å²) in [4.78, 5) is 24.2. The molecule has 0 atom stereocenters. The first kappa shape index (κ1) is 21.7. The van der Waals surface area contributed by atoms with E-state index in [0.29, 0.717) is 10.6 Å². The van der Waals surface area contributed by atoms with Crippen LogP contribution in [0.15, 0.2) is 64.6 Å². The summed E-state index contributed by atoms with van der Waals surface area (Å²) in [6.45, 7) is 3.95. The maximum Gasteiger partial charge on any atom is 0.250 e. The van der Waals surface area contributed by atoms with Crippen LogP contribution in [0, 0.1) is 13.8 Å². The van der Waals surface area contributed by atoms with E-state index in [4.69, 9.17) is 17.3 Å². The average Bonchev–Trinajstić information content (AvgIpc) is 3.01. The lowest BCUT2D eigenvalue weighted by Crippen LogP contribution is -2.19. The maximum absolute atomic E-state index is 12.0. The number of halogens is 1. The zero-order chi connectivity index (χ0) is 21.7. The number of primary amides is 1. The number of rotatable bonds is 7. The van der Waals surface area contributed by atoms with Gasteiger partial charge in [0.2, 0.25) is 11.8 Å². The number of aromatic nitrogens is 1. The van der Waals surface area contributed by atoms with E-state index in [1.165, 1.54) is 11.8 Å². The topological polar surface area (TPSA) is 89.5 Å². The van der Waals surface area contributed by atoms with E-state index in [-0.39, 0.29) is 11.7 Å². The van der Waals surface area contributed by atoms with Crippen LogP contribution in [0.25, 0.3) is 5.69 Å². The Morgan fingerprint density at radius 3 is 2.43 bits per heavy atom. The van der Waals surface area contributed by atoms with Gasteiger partial charge in [-0.3, -0.25) is 9.59 Å². The fourth-order valence-electron chi connectivity index (χ4n) is 2.98. The monoisotopic (exact) mass is 440 g/mol. The Balaban J connectivity index is 1.63. The highest BCUT2D eigenvalue weighted by Gasteiger charge is 2.10. The van der Waals surface area contributed by atoms with E-state index >= 15 is 0 Å². The van der Waals surface area contributed by atoms with Crippen LogP contribution in [-0.4, -0.2) is 28.3 Å². The van der Waals surface area contributed by atoms with Crippen molar-refractivity contribution >= 4 is 41.4 Å². The number of hydrogen-bond acceptors (Lipinski definition) is 4. The molecule has 0 saturated carbocycles. The van der Waals surface area contributed by atoms with Gasteiger partial charge in [-0.25, -0.2) is 5.43 Å². The summed E-state index contributed by atoms with van der Waals surface area (Å²) < 4.78 is 2.05. The molecule has 3 rings (SSSR count). The van der Waals surface area contributed by atoms with Crippen molar-refractivity contribution in [1.82, 2.24) is 9.99 Å². The molecule has 30 heavy (non-hydrogen) atoms. The van der Waals surface area contributed by atoms with E-state index in [1.807, 2.05) is 48.7 Å². The Labute approximate surface area is 184 Å². The lowest BCUT2D eigenvalue weighted by Gasteiger charge is -2.10. The van der Waals surface area contributed by atoms with Gasteiger partial charge in [0.25, 0.3) is 0 Å². The number of carbonyl (C=O) groups excluding carboxylic acids is 2. The summed E-state index contributed by atoms with van der Waals surface area (Å²) in [5, 5.41) is 4.74. The molecule has 0 spiro atoms. The Morgan fingerprint density at radius 2 is 1.80 bits per heavy atom. The second kappa shape index (κ2) is 9.65. The Kier molecular flexibility index (Phi) is 6.97. The molecule has 0 radical (unpaired) electrons. The number of nitrogens with zero attached hydrogens (tertiary/aromatic N) is 2. The zero-order valence-electron chi connectivity index (χ0n) is 16.6. The van der Waals surface area contributed by atoms with Crippen LogP contribution in [0.4, 0.5) is 0 Å². The summed E-state index contributed by atoms with van der Waals surface area (Å²) in [6, 6.07) is 16.4. The Bertz CT molecular complexity index is 1090. The van der Waals surface area contributed by atoms with Gasteiger partial charge in [-0.2, -0.15) is 5.10 Å². The van der Waals surface area contributed by atoms with Crippen LogP contribution in [0.3, 0.4) is 0 Å². The van der Waals surface area contributed by atoms with Gasteiger partial charge < -0.3 is 10.3 Å². The number of amides is 2. The summed E-state index contributed by atoms with van der Waals surface area (Å²) in [7, 11) is 0. The van der Waals surface area contributed by atoms with Crippen molar-refractivity contribution < 1.29 is 9.59 Å². The molecule has 0 saturated heterocycles. The number of benzene rings is 2. The third-order valence-corrected chi connectivity index (χ3v) is 5.72. The first-order valence-electron chi connectivity index (χ1n) is 9.14. The van der Waals surface area contributed by atoms with Gasteiger partial charge in [-0.1, -0.05) is 11.6 Å². The van der Waals surface area contributed by atoms with E-state index in [0.717, 1.165) is 27.5 Å². The highest BCUT2D eigenvalue weighted by atomic mass is 35.5. The Hall–Kier alpha value is -3.03. The number of hydrogen-bond donors (Lipinski definition) is 2. The summed E-state index contributed by atoms with van der Waals surface area (Å²) in [5.74, 6) is -0.396. The Morgan fingerprint density at radius 1 is 1.13 bits per heavy atom. The molecule has 0 bridgehead atoms. The number of aryl methyl sites for hydroxylation is 1. The molecule has 0 aliphatic carbocycles. The van der Waals surface area contributed by atoms with Crippen LogP contribution < -0.4 is 11.2 Å². The molecular formula is C22H21ClN4O2S. The largest absolute Gasteiger partial charge is 0.366 e. The minimum absolute atomic E-state index is 0.193. The number of hydrazone groups is 1. The molecule has 0 aliphatic rings. The molecule has 1 aromatic heterocycles. The van der Waals surface area contributed by atoms with E-state index < -0.39 is 5.91 Å². The van der Waals surface area contributed by atoms with Crippen LogP contribution >= 0.6 is 23.4 Å². The molecule has 2 amide bonds. The molecule has 1 heterocycles. The molecule has 8 heteroatoms. The van der Waals surface area contributed by atoms with E-state index in [2.05, 4.69) is 10.5 Å². The van der Waals surface area contributed by atoms with Gasteiger partial charge in [0.15, 0.2) is 0 Å². The van der Waals surface area contributed by atoms with E-state index in [1.54, 1.807) is 30.5 Å². The molecule has 3 aromatic rings. The fourth-order valence-corrected chi connectivity index (χ4v) is 3.79. The smallest absolute Gasteiger partial charge is 0.250 e. The minimum atomic E-state index is -0.458. The fraction of sp³-hybridized carbons (Fsp3) is 0.136. The summed E-state index contributed by atoms with van der Waals surface area (Å²) in [5.41, 5.74) is 12.1. The van der Waals surface area contributed by atoms with Crippen molar-refractivity contribution in [2.24, 2.45) is 10.8 Å². The zero-order valence-corrected chi connectivity index (χ0v) is 18.1. The second-order valence-corrected chi connectivity index (χ2v) is 8.09. The van der Waals surface area contributed by atoms with Gasteiger partial charge in [0, 0.05) is 38.1 Å². The van der Waals surface area contributed by atoms with Crippen LogP contribution in [-0.2, 0) is 4.79 Å². The van der Waals surface area contributed by atoms with Crippen molar-refractivity contribution in [3.05, 3.63) is 82.1 Å². The van der Waals surface area contributed by atoms with Crippen molar-refractivity contribution in [2.45, 2.75) is 18.7 Å². The third-order valence-electron chi connectivity index (χ3n) is 4.46. The molecule has 0 fully saturated rings. The van der Waals surface area contributed by atoms with Crippen molar-refractivity contribution in [1.29, 1.82) is 0 Å². The van der Waals surface area contributed by atoms with Gasteiger partial charge in [0.05, 0.1) is 12.0 Å². The maximum atomic E-state index is 12.0. The number of nitrogens with one attached hydrogen (secondary N) is 1. The molecule has 154 valence electrons. The quantitative estimate of drug-likeness (QED) is 0.329. The van der Waals surface area contributed by atoms with Gasteiger partial charge in [-0.15, -0.1) is 11.8 Å². The molecular weight excluding hydrogens is 420 g/mol. The van der Waals surface area contributed by atoms with Crippen molar-refractivity contribution in [3.8, 4) is 5.69 Å². The molecule has 3 N–H and O–H groups in total. The summed E-state index contributed by atoms with van der Waals surface area (Å²) >= 11 is 7.27. The molecule has 2 aromatic carbocycles. The van der Waals surface area contributed by atoms with Crippen LogP contribution in [0.2, 0.25) is 5.02 Å². The number of carbonyl (C=O) groups is 2. The van der Waals surface area contributed by atoms with Crippen LogP contribution in [0.5, 0.6) is 0 Å². The van der Waals surface area contributed by atoms with E-state index in [9.17, 15) is 9.59 Å². The standard InChI is InChI=1S/C22H21ClN4O2S/c1-14-11-17(15(2)27(14)19-7-3-16(4-8-19)22(24)29)12-25-26-21(28)13-30-20-9-5-18(23)6-10-20/h3-12H,13H2,1-2H3,(H2,24,29)(H,26,28)/b25-12-. The lowest BCUT2D eigenvalue weighted by molar-refractivity contribution is -0.118. The predicted molar refractivity (Wildman–Crippen MR) is 122 cm³/mol. The molecule has 6 nitrogen and oxygen atoms in total. The minimum Gasteiger partial charge on any atom is -0.366 e. The van der Waals surface area contributed by atoms with Gasteiger partial charge in [-0.05, 0) is 68.4 Å². The third kappa shape index (κ3) is 5.31. The SMILES string of the molecule is Cc1cc(/C=N\NC(=O)CSc2ccc(Cl)cc2)c(C)n1-c1ccc(C(N)=O)cc1. The number of nitrogens with two attached hydrogens (primary N) is 1. The highest BCUT2D eigenvalue weighted by Crippen LogP contribution is 2.21. The normalized spacial score (nSPS) is 11.0. The average molecular weight is 441 g/mol. The first-order valence-corrected chi connectivity index (χ1v) is 10.5. The van der Waals surface area contributed by atoms with Crippen LogP contribution in [0.1, 0.15) is 27.3 Å². The van der Waals surface area contributed by atoms with Crippen molar-refractivity contribution in [2.75, 3.05) is 5.75 Å². The van der Waals surface area contributed by atoms with Gasteiger partial charge in [0.1, 0.15) is 0 Å².